The highest BCUT2D eigenvalue weighted by Gasteiger charge is 2.19. The first kappa shape index (κ1) is 19.4. The van der Waals surface area contributed by atoms with E-state index in [1.54, 1.807) is 6.07 Å². The van der Waals surface area contributed by atoms with Crippen molar-refractivity contribution in [3.05, 3.63) is 48.2 Å². The third-order valence-corrected chi connectivity index (χ3v) is 3.95. The normalized spacial score (nSPS) is 10.5. The van der Waals surface area contributed by atoms with Gasteiger partial charge in [-0.1, -0.05) is 30.3 Å². The molecule has 0 atom stereocenters. The molecule has 0 fully saturated rings. The summed E-state index contributed by atoms with van der Waals surface area (Å²) in [5.41, 5.74) is 0.821. The van der Waals surface area contributed by atoms with E-state index in [4.69, 9.17) is 14.2 Å². The Bertz CT molecular complexity index is 975. The molecule has 1 amide bonds. The monoisotopic (exact) mass is 381 g/mol. The first-order chi connectivity index (χ1) is 13.7. The summed E-state index contributed by atoms with van der Waals surface area (Å²) in [7, 11) is 0. The summed E-state index contributed by atoms with van der Waals surface area (Å²) in [6.07, 6.45) is 1.48. The molecule has 0 unspecified atom stereocenters. The van der Waals surface area contributed by atoms with Gasteiger partial charge < -0.3 is 19.5 Å². The van der Waals surface area contributed by atoms with Gasteiger partial charge in [0.05, 0.1) is 31.6 Å². The molecular weight excluding hydrogens is 358 g/mol. The van der Waals surface area contributed by atoms with Gasteiger partial charge in [-0.25, -0.2) is 4.98 Å². The van der Waals surface area contributed by atoms with E-state index in [1.165, 1.54) is 6.20 Å². The number of carbonyl (C=O) groups excluding carboxylic acids is 1. The summed E-state index contributed by atoms with van der Waals surface area (Å²) in [5, 5.41) is 4.60. The van der Waals surface area contributed by atoms with Gasteiger partial charge in [0.15, 0.2) is 0 Å². The molecule has 0 radical (unpaired) electrons. The third-order valence-electron chi connectivity index (χ3n) is 3.95. The van der Waals surface area contributed by atoms with Crippen LogP contribution in [0.2, 0.25) is 0 Å². The number of hydrogen-bond acceptors (Lipinski definition) is 6. The van der Waals surface area contributed by atoms with E-state index in [9.17, 15) is 4.79 Å². The molecular formula is C21H23N3O4. The van der Waals surface area contributed by atoms with Crippen LogP contribution in [0.15, 0.2) is 42.6 Å². The number of amides is 1. The molecule has 3 aromatic rings. The zero-order valence-corrected chi connectivity index (χ0v) is 16.2. The van der Waals surface area contributed by atoms with Crippen molar-refractivity contribution in [2.75, 3.05) is 25.1 Å². The summed E-state index contributed by atoms with van der Waals surface area (Å²) in [4.78, 5) is 21.5. The van der Waals surface area contributed by atoms with Crippen molar-refractivity contribution < 1.29 is 19.0 Å². The van der Waals surface area contributed by atoms with Crippen LogP contribution in [-0.4, -0.2) is 35.7 Å². The van der Waals surface area contributed by atoms with Crippen LogP contribution in [0.1, 0.15) is 31.1 Å². The molecule has 7 nitrogen and oxygen atoms in total. The molecule has 3 rings (SSSR count). The molecule has 0 saturated carbocycles. The fraction of sp³-hybridized carbons (Fsp3) is 0.286. The second kappa shape index (κ2) is 9.03. The molecule has 146 valence electrons. The summed E-state index contributed by atoms with van der Waals surface area (Å²) < 4.78 is 16.5. The number of fused-ring (bicyclic) bond motifs is 1. The van der Waals surface area contributed by atoms with Crippen molar-refractivity contribution in [3.8, 4) is 17.6 Å². The number of ether oxygens (including phenoxy) is 3. The van der Waals surface area contributed by atoms with Gasteiger partial charge in [0.1, 0.15) is 11.4 Å². The molecule has 1 heterocycles. The lowest BCUT2D eigenvalue weighted by molar-refractivity contribution is 0.102. The predicted molar refractivity (Wildman–Crippen MR) is 107 cm³/mol. The zero-order valence-electron chi connectivity index (χ0n) is 16.2. The van der Waals surface area contributed by atoms with E-state index in [1.807, 2.05) is 51.1 Å². The lowest BCUT2D eigenvalue weighted by atomic mass is 10.0. The topological polar surface area (TPSA) is 82.6 Å². The van der Waals surface area contributed by atoms with Crippen LogP contribution in [0, 0.1) is 0 Å². The van der Waals surface area contributed by atoms with E-state index < -0.39 is 0 Å². The average molecular weight is 381 g/mol. The smallest absolute Gasteiger partial charge is 0.319 e. The van der Waals surface area contributed by atoms with E-state index in [-0.39, 0.29) is 17.8 Å². The summed E-state index contributed by atoms with van der Waals surface area (Å²) >= 11 is 0. The molecule has 0 aliphatic carbocycles. The Morgan fingerprint density at radius 3 is 2.46 bits per heavy atom. The number of anilines is 1. The van der Waals surface area contributed by atoms with Gasteiger partial charge in [0.25, 0.3) is 5.91 Å². The third kappa shape index (κ3) is 4.14. The van der Waals surface area contributed by atoms with E-state index in [0.29, 0.717) is 36.8 Å². The highest BCUT2D eigenvalue weighted by Crippen LogP contribution is 2.30. The minimum Gasteiger partial charge on any atom is -0.493 e. The van der Waals surface area contributed by atoms with Crippen LogP contribution >= 0.6 is 0 Å². The van der Waals surface area contributed by atoms with Gasteiger partial charge in [0.2, 0.25) is 5.88 Å². The Morgan fingerprint density at radius 1 is 0.964 bits per heavy atom. The Kier molecular flexibility index (Phi) is 6.26. The number of nitrogens with one attached hydrogen (secondary N) is 1. The highest BCUT2D eigenvalue weighted by molar-refractivity contribution is 6.15. The van der Waals surface area contributed by atoms with E-state index in [0.717, 1.165) is 10.8 Å². The number of hydrogen-bond donors (Lipinski definition) is 1. The molecule has 7 heteroatoms. The Labute approximate surface area is 163 Å². The van der Waals surface area contributed by atoms with Crippen LogP contribution in [0.4, 0.5) is 5.69 Å². The molecule has 0 spiro atoms. The number of rotatable bonds is 8. The van der Waals surface area contributed by atoms with Crippen molar-refractivity contribution >= 4 is 22.4 Å². The molecule has 0 bridgehead atoms. The minimum atomic E-state index is -0.325. The standard InChI is InChI=1S/C21H23N3O4/c1-4-26-17-12-11-14-9-7-8-10-15(14)18(17)19(25)23-16-13-22-21(28-6-3)24-20(16)27-5-2/h7-13H,4-6H2,1-3H3,(H,23,25). The molecule has 0 aliphatic heterocycles. The number of aromatic nitrogens is 2. The molecule has 0 saturated heterocycles. The average Bonchev–Trinajstić information content (AvgIpc) is 2.70. The number of benzene rings is 2. The van der Waals surface area contributed by atoms with Crippen LogP contribution in [0.5, 0.6) is 17.6 Å². The maximum atomic E-state index is 13.2. The van der Waals surface area contributed by atoms with Crippen LogP contribution in [-0.2, 0) is 0 Å². The fourth-order valence-electron chi connectivity index (χ4n) is 2.83. The Balaban J connectivity index is 2.00. The van der Waals surface area contributed by atoms with Gasteiger partial charge in [-0.15, -0.1) is 0 Å². The predicted octanol–water partition coefficient (Wildman–Crippen LogP) is 4.08. The lowest BCUT2D eigenvalue weighted by Crippen LogP contribution is -2.16. The molecule has 1 aromatic heterocycles. The lowest BCUT2D eigenvalue weighted by Gasteiger charge is -2.15. The summed E-state index contributed by atoms with van der Waals surface area (Å²) in [5.74, 6) is 0.449. The van der Waals surface area contributed by atoms with Crippen molar-refractivity contribution in [2.45, 2.75) is 20.8 Å². The SMILES string of the molecule is CCOc1ncc(NC(=O)c2c(OCC)ccc3ccccc23)c(OCC)n1. The maximum absolute atomic E-state index is 13.2. The fourth-order valence-corrected chi connectivity index (χ4v) is 2.83. The van der Waals surface area contributed by atoms with Gasteiger partial charge in [-0.05, 0) is 37.6 Å². The van der Waals surface area contributed by atoms with E-state index >= 15 is 0 Å². The van der Waals surface area contributed by atoms with Crippen molar-refractivity contribution in [1.29, 1.82) is 0 Å². The highest BCUT2D eigenvalue weighted by atomic mass is 16.5. The van der Waals surface area contributed by atoms with Gasteiger partial charge in [0, 0.05) is 0 Å². The maximum Gasteiger partial charge on any atom is 0.319 e. The number of nitrogens with zero attached hydrogens (tertiary/aromatic N) is 2. The van der Waals surface area contributed by atoms with Crippen molar-refractivity contribution in [2.24, 2.45) is 0 Å². The van der Waals surface area contributed by atoms with Crippen LogP contribution in [0.3, 0.4) is 0 Å². The van der Waals surface area contributed by atoms with Gasteiger partial charge >= 0.3 is 6.01 Å². The summed E-state index contributed by atoms with van der Waals surface area (Å²) in [6.45, 7) is 6.84. The van der Waals surface area contributed by atoms with Gasteiger partial charge in [-0.2, -0.15) is 4.98 Å². The second-order valence-electron chi connectivity index (χ2n) is 5.78. The summed E-state index contributed by atoms with van der Waals surface area (Å²) in [6, 6.07) is 11.6. The Morgan fingerprint density at radius 2 is 1.71 bits per heavy atom. The molecule has 1 N–H and O–H groups in total. The largest absolute Gasteiger partial charge is 0.493 e. The molecule has 28 heavy (non-hydrogen) atoms. The van der Waals surface area contributed by atoms with Crippen LogP contribution in [0.25, 0.3) is 10.8 Å². The zero-order chi connectivity index (χ0) is 19.9. The van der Waals surface area contributed by atoms with Gasteiger partial charge in [-0.3, -0.25) is 4.79 Å². The second-order valence-corrected chi connectivity index (χ2v) is 5.78. The first-order valence-electron chi connectivity index (χ1n) is 9.26. The Hall–Kier alpha value is -3.35. The minimum absolute atomic E-state index is 0.198. The quantitative estimate of drug-likeness (QED) is 0.633. The first-order valence-corrected chi connectivity index (χ1v) is 9.26. The van der Waals surface area contributed by atoms with E-state index in [2.05, 4.69) is 15.3 Å². The van der Waals surface area contributed by atoms with Crippen molar-refractivity contribution in [1.82, 2.24) is 9.97 Å². The van der Waals surface area contributed by atoms with Crippen LogP contribution < -0.4 is 19.5 Å². The van der Waals surface area contributed by atoms with Crippen molar-refractivity contribution in [3.63, 3.8) is 0 Å². The molecule has 2 aromatic carbocycles. The molecule has 0 aliphatic rings. The number of carbonyl (C=O) groups is 1.